The van der Waals surface area contributed by atoms with E-state index in [0.717, 1.165) is 16.9 Å². The quantitative estimate of drug-likeness (QED) is 0.256. The Balaban J connectivity index is 1.59. The Morgan fingerprint density at radius 2 is 1.76 bits per heavy atom. The van der Waals surface area contributed by atoms with Crippen molar-refractivity contribution in [2.75, 3.05) is 0 Å². The Morgan fingerprint density at radius 3 is 2.45 bits per heavy atom. The van der Waals surface area contributed by atoms with Gasteiger partial charge >= 0.3 is 0 Å². The zero-order chi connectivity index (χ0) is 20.4. The van der Waals surface area contributed by atoms with E-state index in [-0.39, 0.29) is 11.6 Å². The number of benzene rings is 2. The van der Waals surface area contributed by atoms with Crippen LogP contribution in [0.3, 0.4) is 0 Å². The molecule has 0 bridgehead atoms. The van der Waals surface area contributed by atoms with Gasteiger partial charge in [0.25, 0.3) is 11.6 Å². The fourth-order valence-electron chi connectivity index (χ4n) is 3.02. The van der Waals surface area contributed by atoms with Gasteiger partial charge in [-0.25, -0.2) is 0 Å². The molecule has 2 aromatic carbocycles. The van der Waals surface area contributed by atoms with Crippen molar-refractivity contribution < 1.29 is 9.72 Å². The standard InChI is InChI=1S/C21H15N3O3S2/c25-20-19(29-21(28)23(20)14-15-5-2-1-3-6-15)13-18-7-4-12-22(18)16-8-10-17(11-9-16)24(26)27/h1-13H,14H2/b19-13-. The lowest BCUT2D eigenvalue weighted by molar-refractivity contribution is -0.384. The van der Waals surface area contributed by atoms with Crippen LogP contribution in [0.4, 0.5) is 5.69 Å². The van der Waals surface area contributed by atoms with Crippen LogP contribution in [-0.4, -0.2) is 24.6 Å². The summed E-state index contributed by atoms with van der Waals surface area (Å²) in [5.74, 6) is -0.125. The number of carbonyl (C=O) groups excluding carboxylic acids is 1. The SMILES string of the molecule is O=C1/C(=C/c2cccn2-c2ccc([N+](=O)[O-])cc2)SC(=S)N1Cc1ccccc1. The highest BCUT2D eigenvalue weighted by Crippen LogP contribution is 2.34. The maximum absolute atomic E-state index is 12.9. The molecule has 6 nitrogen and oxygen atoms in total. The third kappa shape index (κ3) is 3.98. The van der Waals surface area contributed by atoms with Crippen LogP contribution >= 0.6 is 24.0 Å². The average Bonchev–Trinajstić information content (AvgIpc) is 3.29. The van der Waals surface area contributed by atoms with E-state index >= 15 is 0 Å². The van der Waals surface area contributed by atoms with Gasteiger partial charge in [-0.05, 0) is 35.9 Å². The van der Waals surface area contributed by atoms with Crippen LogP contribution in [0, 0.1) is 10.1 Å². The Labute approximate surface area is 176 Å². The second-order valence-electron chi connectivity index (χ2n) is 6.33. The first kappa shape index (κ1) is 19.1. The number of hydrogen-bond acceptors (Lipinski definition) is 5. The molecular weight excluding hydrogens is 406 g/mol. The van der Waals surface area contributed by atoms with E-state index in [4.69, 9.17) is 12.2 Å². The number of thiocarbonyl (C=S) groups is 1. The van der Waals surface area contributed by atoms with Crippen molar-refractivity contribution in [1.29, 1.82) is 0 Å². The summed E-state index contributed by atoms with van der Waals surface area (Å²) in [6, 6.07) is 19.7. The summed E-state index contributed by atoms with van der Waals surface area (Å²) in [5, 5.41) is 10.9. The van der Waals surface area contributed by atoms with Gasteiger partial charge in [-0.1, -0.05) is 54.3 Å². The zero-order valence-electron chi connectivity index (χ0n) is 15.1. The molecule has 2 heterocycles. The van der Waals surface area contributed by atoms with Crippen LogP contribution in [0.25, 0.3) is 11.8 Å². The van der Waals surface area contributed by atoms with Gasteiger partial charge in [-0.2, -0.15) is 0 Å². The summed E-state index contributed by atoms with van der Waals surface area (Å²) >= 11 is 6.69. The normalized spacial score (nSPS) is 15.3. The van der Waals surface area contributed by atoms with Crippen LogP contribution in [0.5, 0.6) is 0 Å². The number of rotatable bonds is 5. The molecule has 4 rings (SSSR count). The maximum Gasteiger partial charge on any atom is 0.269 e. The molecule has 29 heavy (non-hydrogen) atoms. The number of hydrogen-bond donors (Lipinski definition) is 0. The molecule has 0 spiro atoms. The van der Waals surface area contributed by atoms with E-state index in [2.05, 4.69) is 0 Å². The molecule has 0 N–H and O–H groups in total. The number of thioether (sulfide) groups is 1. The molecule has 0 saturated carbocycles. The molecule has 0 atom stereocenters. The van der Waals surface area contributed by atoms with Crippen molar-refractivity contribution >= 4 is 46.0 Å². The first-order valence-corrected chi connectivity index (χ1v) is 9.97. The Bertz CT molecular complexity index is 1120. The first-order chi connectivity index (χ1) is 14.0. The third-order valence-electron chi connectivity index (χ3n) is 4.46. The van der Waals surface area contributed by atoms with Gasteiger partial charge in [-0.15, -0.1) is 0 Å². The van der Waals surface area contributed by atoms with Gasteiger partial charge in [0.05, 0.1) is 16.4 Å². The monoisotopic (exact) mass is 421 g/mol. The zero-order valence-corrected chi connectivity index (χ0v) is 16.7. The number of nitro benzene ring substituents is 1. The van der Waals surface area contributed by atoms with Gasteiger partial charge in [0.2, 0.25) is 0 Å². The maximum atomic E-state index is 12.9. The molecule has 1 amide bonds. The minimum absolute atomic E-state index is 0.0317. The number of nitro groups is 1. The molecule has 1 saturated heterocycles. The average molecular weight is 422 g/mol. The molecule has 1 fully saturated rings. The van der Waals surface area contributed by atoms with E-state index in [1.165, 1.54) is 23.9 Å². The Hall–Kier alpha value is -3.23. The van der Waals surface area contributed by atoms with Crippen LogP contribution in [-0.2, 0) is 11.3 Å². The van der Waals surface area contributed by atoms with Gasteiger partial charge in [0.15, 0.2) is 0 Å². The summed E-state index contributed by atoms with van der Waals surface area (Å²) in [7, 11) is 0. The van der Waals surface area contributed by atoms with Crippen molar-refractivity contribution in [2.45, 2.75) is 6.54 Å². The van der Waals surface area contributed by atoms with E-state index < -0.39 is 4.92 Å². The number of aromatic nitrogens is 1. The van der Waals surface area contributed by atoms with Crippen LogP contribution in [0.1, 0.15) is 11.3 Å². The van der Waals surface area contributed by atoms with Crippen molar-refractivity contribution in [1.82, 2.24) is 9.47 Å². The minimum Gasteiger partial charge on any atom is -0.317 e. The summed E-state index contributed by atoms with van der Waals surface area (Å²) in [6.45, 7) is 0.437. The highest BCUT2D eigenvalue weighted by Gasteiger charge is 2.32. The molecule has 8 heteroatoms. The summed E-state index contributed by atoms with van der Waals surface area (Å²) < 4.78 is 2.39. The minimum atomic E-state index is -0.432. The molecule has 1 aliphatic heterocycles. The first-order valence-electron chi connectivity index (χ1n) is 8.74. The lowest BCUT2D eigenvalue weighted by atomic mass is 10.2. The fourth-order valence-corrected chi connectivity index (χ4v) is 4.26. The van der Waals surface area contributed by atoms with Crippen molar-refractivity contribution in [3.63, 3.8) is 0 Å². The Morgan fingerprint density at radius 1 is 1.03 bits per heavy atom. The predicted octanol–water partition coefficient (Wildman–Crippen LogP) is 4.79. The van der Waals surface area contributed by atoms with E-state index in [1.54, 1.807) is 23.1 Å². The van der Waals surface area contributed by atoms with E-state index in [9.17, 15) is 14.9 Å². The largest absolute Gasteiger partial charge is 0.317 e. The predicted molar refractivity (Wildman–Crippen MR) is 118 cm³/mol. The van der Waals surface area contributed by atoms with Crippen LogP contribution in [0.15, 0.2) is 77.8 Å². The van der Waals surface area contributed by atoms with Gasteiger partial charge in [0, 0.05) is 29.7 Å². The second-order valence-corrected chi connectivity index (χ2v) is 8.01. The topological polar surface area (TPSA) is 68.4 Å². The third-order valence-corrected chi connectivity index (χ3v) is 5.83. The molecule has 1 aromatic heterocycles. The number of amides is 1. The highest BCUT2D eigenvalue weighted by molar-refractivity contribution is 8.26. The molecule has 0 radical (unpaired) electrons. The number of non-ortho nitro benzene ring substituents is 1. The Kier molecular flexibility index (Phi) is 5.28. The number of nitrogens with zero attached hydrogens (tertiary/aromatic N) is 3. The molecule has 3 aromatic rings. The van der Waals surface area contributed by atoms with E-state index in [0.29, 0.717) is 15.8 Å². The summed E-state index contributed by atoms with van der Waals surface area (Å²) in [6.07, 6.45) is 3.64. The van der Waals surface area contributed by atoms with Crippen molar-refractivity contribution in [2.24, 2.45) is 0 Å². The van der Waals surface area contributed by atoms with Crippen LogP contribution in [0.2, 0.25) is 0 Å². The smallest absolute Gasteiger partial charge is 0.269 e. The summed E-state index contributed by atoms with van der Waals surface area (Å²) in [5.41, 5.74) is 2.61. The van der Waals surface area contributed by atoms with E-state index in [1.807, 2.05) is 53.2 Å². The van der Waals surface area contributed by atoms with Crippen molar-refractivity contribution in [3.8, 4) is 5.69 Å². The highest BCUT2D eigenvalue weighted by atomic mass is 32.2. The lowest BCUT2D eigenvalue weighted by Gasteiger charge is -2.14. The second kappa shape index (κ2) is 8.02. The molecule has 0 aliphatic carbocycles. The summed E-state index contributed by atoms with van der Waals surface area (Å²) in [4.78, 5) is 25.4. The number of carbonyl (C=O) groups is 1. The molecule has 0 unspecified atom stereocenters. The van der Waals surface area contributed by atoms with Gasteiger partial charge in [0.1, 0.15) is 4.32 Å². The lowest BCUT2D eigenvalue weighted by Crippen LogP contribution is -2.27. The van der Waals surface area contributed by atoms with Crippen LogP contribution < -0.4 is 0 Å². The van der Waals surface area contributed by atoms with Crippen molar-refractivity contribution in [3.05, 3.63) is 99.2 Å². The fraction of sp³-hybridized carbons (Fsp3) is 0.0476. The molecular formula is C21H15N3O3S2. The molecule has 1 aliphatic rings. The van der Waals surface area contributed by atoms with Gasteiger partial charge in [-0.3, -0.25) is 19.8 Å². The molecule has 144 valence electrons. The van der Waals surface area contributed by atoms with Gasteiger partial charge < -0.3 is 4.57 Å².